The summed E-state index contributed by atoms with van der Waals surface area (Å²) in [7, 11) is 1.90. The van der Waals surface area contributed by atoms with Crippen molar-refractivity contribution in [2.45, 2.75) is 31.3 Å². The number of amides is 1. The third kappa shape index (κ3) is 1.42. The van der Waals surface area contributed by atoms with Crippen LogP contribution in [0.15, 0.2) is 24.3 Å². The molecule has 2 atom stereocenters. The number of carboxylic acid groups (broad SMARTS) is 1. The van der Waals surface area contributed by atoms with Crippen molar-refractivity contribution in [1.82, 2.24) is 0 Å². The maximum atomic E-state index is 12.6. The number of hydrogen-bond donors (Lipinski definition) is 1. The van der Waals surface area contributed by atoms with E-state index in [0.717, 1.165) is 18.4 Å². The Morgan fingerprint density at radius 3 is 2.67 bits per heavy atom. The van der Waals surface area contributed by atoms with E-state index in [9.17, 15) is 9.59 Å². The minimum Gasteiger partial charge on any atom is -0.481 e. The highest BCUT2D eigenvalue weighted by Crippen LogP contribution is 2.48. The second kappa shape index (κ2) is 3.65. The van der Waals surface area contributed by atoms with Crippen molar-refractivity contribution in [3.05, 3.63) is 35.4 Å². The summed E-state index contributed by atoms with van der Waals surface area (Å²) in [6.45, 7) is 0. The summed E-state index contributed by atoms with van der Waals surface area (Å²) in [5.74, 6) is -0.756. The maximum absolute atomic E-state index is 12.6. The van der Waals surface area contributed by atoms with Gasteiger partial charge in [0.2, 0.25) is 0 Å². The smallest absolute Gasteiger partial charge is 0.346 e. The second-order valence-electron chi connectivity index (χ2n) is 5.38. The summed E-state index contributed by atoms with van der Waals surface area (Å²) in [6, 6.07) is 7.51. The predicted molar refractivity (Wildman–Crippen MR) is 65.0 cm³/mol. The first kappa shape index (κ1) is 11.4. The van der Waals surface area contributed by atoms with Gasteiger partial charge in [0.05, 0.1) is 18.7 Å². The molecule has 1 aliphatic heterocycles. The van der Waals surface area contributed by atoms with E-state index in [2.05, 4.69) is 0 Å². The van der Waals surface area contributed by atoms with Crippen LogP contribution in [0.5, 0.6) is 0 Å². The monoisotopic (exact) mass is 246 g/mol. The molecule has 3 rings (SSSR count). The molecule has 0 radical (unpaired) electrons. The number of hydrogen-bond acceptors (Lipinski definition) is 2. The molecule has 1 heterocycles. The lowest BCUT2D eigenvalue weighted by Crippen LogP contribution is -2.49. The van der Waals surface area contributed by atoms with Gasteiger partial charge in [-0.3, -0.25) is 4.79 Å². The van der Waals surface area contributed by atoms with Gasteiger partial charge in [-0.1, -0.05) is 18.2 Å². The van der Waals surface area contributed by atoms with Gasteiger partial charge >= 0.3 is 11.9 Å². The zero-order chi connectivity index (χ0) is 12.9. The zero-order valence-electron chi connectivity index (χ0n) is 10.3. The van der Waals surface area contributed by atoms with Crippen LogP contribution < -0.4 is 0 Å². The zero-order valence-corrected chi connectivity index (χ0v) is 10.3. The summed E-state index contributed by atoms with van der Waals surface area (Å²) in [4.78, 5) is 23.7. The van der Waals surface area contributed by atoms with Gasteiger partial charge in [-0.05, 0) is 6.07 Å². The number of rotatable bonds is 3. The Labute approximate surface area is 105 Å². The van der Waals surface area contributed by atoms with Gasteiger partial charge in [0.15, 0.2) is 0 Å². The van der Waals surface area contributed by atoms with Crippen LogP contribution in [-0.2, 0) is 4.79 Å². The van der Waals surface area contributed by atoms with E-state index in [4.69, 9.17) is 5.11 Å². The molecule has 0 aromatic heterocycles. The highest BCUT2D eigenvalue weighted by Gasteiger charge is 2.58. The van der Waals surface area contributed by atoms with Crippen molar-refractivity contribution in [3.63, 3.8) is 0 Å². The average molecular weight is 246 g/mol. The van der Waals surface area contributed by atoms with E-state index in [-0.39, 0.29) is 22.9 Å². The fraction of sp³-hybridized carbons (Fsp3) is 0.429. The topological polar surface area (TPSA) is 54.4 Å². The molecule has 18 heavy (non-hydrogen) atoms. The minimum absolute atomic E-state index is 0.0236. The highest BCUT2D eigenvalue weighted by atomic mass is 16.4. The van der Waals surface area contributed by atoms with Crippen LogP contribution in [0.25, 0.3) is 0 Å². The molecular formula is C14H16NO3+. The number of quaternary nitrogens is 1. The summed E-state index contributed by atoms with van der Waals surface area (Å²) in [5.41, 5.74) is 1.61. The molecule has 1 aromatic rings. The molecule has 4 nitrogen and oxygen atoms in total. The van der Waals surface area contributed by atoms with Crippen LogP contribution in [0.1, 0.15) is 41.2 Å². The van der Waals surface area contributed by atoms with Crippen LogP contribution in [0.2, 0.25) is 0 Å². The second-order valence-corrected chi connectivity index (χ2v) is 5.38. The Kier molecular flexibility index (Phi) is 2.32. The molecule has 94 valence electrons. The normalized spacial score (nSPS) is 30.3. The molecule has 1 N–H and O–H groups in total. The SMILES string of the molecule is C[N+]1(C2CC2)C(=O)c2ccccc2C1CC(=O)O. The fourth-order valence-electron chi connectivity index (χ4n) is 3.17. The van der Waals surface area contributed by atoms with Crippen molar-refractivity contribution in [2.75, 3.05) is 7.05 Å². The standard InChI is InChI=1S/C14H15NO3/c1-15(9-6-7-9)12(8-13(16)17)10-4-2-3-5-11(10)14(15)18/h2-5,9,12H,6-8H2,1H3/p+1. The number of nitrogens with zero attached hydrogens (tertiary/aromatic N) is 1. The lowest BCUT2D eigenvalue weighted by molar-refractivity contribution is -0.867. The van der Waals surface area contributed by atoms with Gasteiger partial charge in [-0.15, -0.1) is 0 Å². The van der Waals surface area contributed by atoms with Crippen LogP contribution in [0, 0.1) is 0 Å². The van der Waals surface area contributed by atoms with Crippen molar-refractivity contribution in [3.8, 4) is 0 Å². The van der Waals surface area contributed by atoms with Crippen LogP contribution in [-0.4, -0.2) is 34.6 Å². The van der Waals surface area contributed by atoms with E-state index in [1.54, 1.807) is 0 Å². The first-order valence-electron chi connectivity index (χ1n) is 6.26. The van der Waals surface area contributed by atoms with Gasteiger partial charge in [0, 0.05) is 18.4 Å². The van der Waals surface area contributed by atoms with Crippen LogP contribution in [0.3, 0.4) is 0 Å². The number of carbonyl (C=O) groups excluding carboxylic acids is 1. The molecule has 4 heteroatoms. The molecular weight excluding hydrogens is 230 g/mol. The number of carbonyl (C=O) groups is 2. The highest BCUT2D eigenvalue weighted by molar-refractivity contribution is 5.94. The number of carboxylic acids is 1. The van der Waals surface area contributed by atoms with Crippen molar-refractivity contribution >= 4 is 11.9 Å². The molecule has 2 aliphatic rings. The maximum Gasteiger partial charge on any atom is 0.346 e. The number of fused-ring (bicyclic) bond motifs is 1. The third-order valence-corrected chi connectivity index (χ3v) is 4.31. The molecule has 1 amide bonds. The Balaban J connectivity index is 2.11. The average Bonchev–Trinajstić information content (AvgIpc) is 3.15. The third-order valence-electron chi connectivity index (χ3n) is 4.31. The van der Waals surface area contributed by atoms with Gasteiger partial charge in [0.1, 0.15) is 12.5 Å². The lowest BCUT2D eigenvalue weighted by atomic mass is 10.0. The van der Waals surface area contributed by atoms with Crippen LogP contribution >= 0.6 is 0 Å². The van der Waals surface area contributed by atoms with Crippen molar-refractivity contribution < 1.29 is 19.2 Å². The van der Waals surface area contributed by atoms with E-state index in [1.807, 2.05) is 31.3 Å². The van der Waals surface area contributed by atoms with E-state index in [1.165, 1.54) is 0 Å². The molecule has 0 saturated heterocycles. The van der Waals surface area contributed by atoms with Crippen molar-refractivity contribution in [2.24, 2.45) is 0 Å². The minimum atomic E-state index is -0.838. The molecule has 1 saturated carbocycles. The molecule has 2 unspecified atom stereocenters. The Hall–Kier alpha value is -1.68. The van der Waals surface area contributed by atoms with Gasteiger partial charge in [-0.2, -0.15) is 0 Å². The van der Waals surface area contributed by atoms with Gasteiger partial charge in [0.25, 0.3) is 0 Å². The first-order valence-corrected chi connectivity index (χ1v) is 6.26. The number of benzene rings is 1. The summed E-state index contributed by atoms with van der Waals surface area (Å²) in [6.07, 6.45) is 2.06. The Morgan fingerprint density at radius 1 is 1.39 bits per heavy atom. The quantitative estimate of drug-likeness (QED) is 0.829. The molecule has 0 bridgehead atoms. The molecule has 1 aliphatic carbocycles. The molecule has 0 spiro atoms. The van der Waals surface area contributed by atoms with Gasteiger partial charge < -0.3 is 5.11 Å². The van der Waals surface area contributed by atoms with Gasteiger partial charge in [-0.25, -0.2) is 9.28 Å². The predicted octanol–water partition coefficient (Wildman–Crippen LogP) is 1.97. The molecule has 1 fully saturated rings. The van der Waals surface area contributed by atoms with E-state index in [0.29, 0.717) is 11.6 Å². The number of aliphatic carboxylic acids is 1. The summed E-state index contributed by atoms with van der Waals surface area (Å²) in [5, 5.41) is 9.10. The van der Waals surface area contributed by atoms with Crippen LogP contribution in [0.4, 0.5) is 0 Å². The summed E-state index contributed by atoms with van der Waals surface area (Å²) >= 11 is 0. The lowest BCUT2D eigenvalue weighted by Gasteiger charge is -2.33. The first-order chi connectivity index (χ1) is 8.55. The largest absolute Gasteiger partial charge is 0.481 e. The Bertz CT molecular complexity index is 536. The van der Waals surface area contributed by atoms with Crippen molar-refractivity contribution in [1.29, 1.82) is 0 Å². The van der Waals surface area contributed by atoms with E-state index < -0.39 is 5.97 Å². The summed E-state index contributed by atoms with van der Waals surface area (Å²) < 4.78 is 0.256. The fourth-order valence-corrected chi connectivity index (χ4v) is 3.17. The van der Waals surface area contributed by atoms with E-state index >= 15 is 0 Å². The Morgan fingerprint density at radius 2 is 2.06 bits per heavy atom. The molecule has 1 aromatic carbocycles.